The highest BCUT2D eigenvalue weighted by atomic mass is 32.2. The predicted octanol–water partition coefficient (Wildman–Crippen LogP) is 1.23. The number of halogens is 1. The lowest BCUT2D eigenvalue weighted by Gasteiger charge is -2.29. The Balaban J connectivity index is 3.01. The van der Waals surface area contributed by atoms with Gasteiger partial charge in [-0.3, -0.25) is 0 Å². The van der Waals surface area contributed by atoms with Crippen molar-refractivity contribution in [2.45, 2.75) is 37.2 Å². The van der Waals surface area contributed by atoms with Crippen LogP contribution in [0, 0.1) is 5.82 Å². The van der Waals surface area contributed by atoms with E-state index in [4.69, 9.17) is 5.73 Å². The molecule has 17 heavy (non-hydrogen) atoms. The molecule has 0 radical (unpaired) electrons. The second-order valence-electron chi connectivity index (χ2n) is 4.57. The normalized spacial score (nSPS) is 14.6. The minimum Gasteiger partial charge on any atom is -0.326 e. The Labute approximate surface area is 101 Å². The average Bonchev–Trinajstić information content (AvgIpc) is 2.16. The molecule has 0 bridgehead atoms. The summed E-state index contributed by atoms with van der Waals surface area (Å²) < 4.78 is 39.1. The minimum atomic E-state index is -3.68. The lowest BCUT2D eigenvalue weighted by atomic mass is 9.99. The summed E-state index contributed by atoms with van der Waals surface area (Å²) in [6.07, 6.45) is 0. The number of hydrogen-bond donors (Lipinski definition) is 2. The van der Waals surface area contributed by atoms with Crippen molar-refractivity contribution < 1.29 is 12.8 Å². The van der Waals surface area contributed by atoms with E-state index in [0.717, 1.165) is 12.1 Å². The van der Waals surface area contributed by atoms with E-state index in [-0.39, 0.29) is 10.9 Å². The van der Waals surface area contributed by atoms with Crippen LogP contribution >= 0.6 is 0 Å². The van der Waals surface area contributed by atoms with Crippen LogP contribution in [-0.2, 0) is 10.0 Å². The van der Waals surface area contributed by atoms with Gasteiger partial charge in [-0.1, -0.05) is 0 Å². The first kappa shape index (κ1) is 14.1. The Morgan fingerprint density at radius 1 is 1.29 bits per heavy atom. The van der Waals surface area contributed by atoms with E-state index in [1.807, 2.05) is 0 Å². The van der Waals surface area contributed by atoms with Gasteiger partial charge in [-0.2, -0.15) is 0 Å². The maximum absolute atomic E-state index is 12.7. The maximum atomic E-state index is 12.7. The van der Waals surface area contributed by atoms with Gasteiger partial charge in [0.25, 0.3) is 0 Å². The molecule has 1 rings (SSSR count). The third kappa shape index (κ3) is 3.49. The van der Waals surface area contributed by atoms with Crippen molar-refractivity contribution in [2.24, 2.45) is 5.73 Å². The van der Waals surface area contributed by atoms with E-state index in [9.17, 15) is 12.8 Å². The van der Waals surface area contributed by atoms with Crippen LogP contribution in [0.3, 0.4) is 0 Å². The molecule has 0 saturated carbocycles. The van der Waals surface area contributed by atoms with Crippen LogP contribution in [0.25, 0.3) is 0 Å². The predicted molar refractivity (Wildman–Crippen MR) is 64.4 cm³/mol. The van der Waals surface area contributed by atoms with Crippen LogP contribution in [0.4, 0.5) is 4.39 Å². The average molecular weight is 260 g/mol. The summed E-state index contributed by atoms with van der Waals surface area (Å²) in [6.45, 7) is 5.10. The summed E-state index contributed by atoms with van der Waals surface area (Å²) in [7, 11) is -3.68. The molecule has 0 saturated heterocycles. The molecule has 0 fully saturated rings. The fourth-order valence-electron chi connectivity index (χ4n) is 1.11. The zero-order valence-electron chi connectivity index (χ0n) is 10.1. The summed E-state index contributed by atoms with van der Waals surface area (Å²) >= 11 is 0. The van der Waals surface area contributed by atoms with Crippen molar-refractivity contribution in [2.75, 3.05) is 0 Å². The van der Waals surface area contributed by atoms with Crippen LogP contribution < -0.4 is 10.5 Å². The molecule has 0 aromatic heterocycles. The molecule has 1 unspecified atom stereocenters. The van der Waals surface area contributed by atoms with Crippen LogP contribution in [-0.4, -0.2) is 20.0 Å². The summed E-state index contributed by atoms with van der Waals surface area (Å²) in [5, 5.41) is 0. The van der Waals surface area contributed by atoms with Gasteiger partial charge in [-0.15, -0.1) is 0 Å². The third-order valence-corrected chi connectivity index (χ3v) is 4.35. The van der Waals surface area contributed by atoms with Crippen molar-refractivity contribution >= 4 is 10.0 Å². The maximum Gasteiger partial charge on any atom is 0.241 e. The minimum absolute atomic E-state index is 0.0209. The summed E-state index contributed by atoms with van der Waals surface area (Å²) in [5.74, 6) is -0.476. The van der Waals surface area contributed by atoms with Gasteiger partial charge in [0.15, 0.2) is 0 Å². The Morgan fingerprint density at radius 2 is 1.76 bits per heavy atom. The standard InChI is InChI=1S/C11H17FN2O2S/c1-8(13)11(2,3)14-17(15,16)10-6-4-9(12)5-7-10/h4-8,14H,13H2,1-3H3. The highest BCUT2D eigenvalue weighted by molar-refractivity contribution is 7.89. The molecular formula is C11H17FN2O2S. The van der Waals surface area contributed by atoms with Crippen molar-refractivity contribution in [3.8, 4) is 0 Å². The van der Waals surface area contributed by atoms with E-state index < -0.39 is 21.4 Å². The SMILES string of the molecule is CC(N)C(C)(C)NS(=O)(=O)c1ccc(F)cc1. The number of nitrogens with two attached hydrogens (primary N) is 1. The molecular weight excluding hydrogens is 243 g/mol. The molecule has 96 valence electrons. The van der Waals surface area contributed by atoms with E-state index in [0.29, 0.717) is 0 Å². The first-order valence-electron chi connectivity index (χ1n) is 5.20. The fourth-order valence-corrected chi connectivity index (χ4v) is 2.60. The van der Waals surface area contributed by atoms with Crippen molar-refractivity contribution in [3.63, 3.8) is 0 Å². The summed E-state index contributed by atoms with van der Waals surface area (Å²) in [4.78, 5) is 0.0209. The Hall–Kier alpha value is -0.980. The first-order valence-corrected chi connectivity index (χ1v) is 6.68. The number of benzene rings is 1. The van der Waals surface area contributed by atoms with Crippen LogP contribution in [0.2, 0.25) is 0 Å². The zero-order chi connectivity index (χ0) is 13.3. The largest absolute Gasteiger partial charge is 0.326 e. The topological polar surface area (TPSA) is 72.2 Å². The number of rotatable bonds is 4. The quantitative estimate of drug-likeness (QED) is 0.855. The van der Waals surface area contributed by atoms with Gasteiger partial charge in [0.1, 0.15) is 5.82 Å². The molecule has 3 N–H and O–H groups in total. The molecule has 0 heterocycles. The van der Waals surface area contributed by atoms with Crippen LogP contribution in [0.1, 0.15) is 20.8 Å². The zero-order valence-corrected chi connectivity index (χ0v) is 10.9. The van der Waals surface area contributed by atoms with Crippen molar-refractivity contribution in [1.82, 2.24) is 4.72 Å². The second kappa shape index (κ2) is 4.72. The molecule has 0 aliphatic rings. The van der Waals surface area contributed by atoms with Crippen LogP contribution in [0.5, 0.6) is 0 Å². The molecule has 1 atom stereocenters. The van der Waals surface area contributed by atoms with E-state index >= 15 is 0 Å². The Kier molecular flexibility index (Phi) is 3.91. The Morgan fingerprint density at radius 3 is 2.18 bits per heavy atom. The van der Waals surface area contributed by atoms with E-state index in [2.05, 4.69) is 4.72 Å². The molecule has 0 amide bonds. The van der Waals surface area contributed by atoms with Gasteiger partial charge in [0.2, 0.25) is 10.0 Å². The smallest absolute Gasteiger partial charge is 0.241 e. The van der Waals surface area contributed by atoms with Crippen LogP contribution in [0.15, 0.2) is 29.2 Å². The first-order chi connectivity index (χ1) is 7.65. The number of hydrogen-bond acceptors (Lipinski definition) is 3. The monoisotopic (exact) mass is 260 g/mol. The molecule has 0 aliphatic carbocycles. The lowest BCUT2D eigenvalue weighted by molar-refractivity contribution is 0.387. The van der Waals surface area contributed by atoms with Crippen molar-refractivity contribution in [1.29, 1.82) is 0 Å². The van der Waals surface area contributed by atoms with E-state index in [1.165, 1.54) is 12.1 Å². The second-order valence-corrected chi connectivity index (χ2v) is 6.25. The van der Waals surface area contributed by atoms with Gasteiger partial charge < -0.3 is 5.73 Å². The highest BCUT2D eigenvalue weighted by Gasteiger charge is 2.29. The molecule has 6 heteroatoms. The van der Waals surface area contributed by atoms with Gasteiger partial charge in [-0.25, -0.2) is 17.5 Å². The van der Waals surface area contributed by atoms with Gasteiger partial charge >= 0.3 is 0 Å². The fraction of sp³-hybridized carbons (Fsp3) is 0.455. The van der Waals surface area contributed by atoms with Gasteiger partial charge in [0.05, 0.1) is 4.90 Å². The molecule has 1 aromatic rings. The lowest BCUT2D eigenvalue weighted by Crippen LogP contribution is -2.54. The molecule has 0 aliphatic heterocycles. The van der Waals surface area contributed by atoms with Crippen molar-refractivity contribution in [3.05, 3.63) is 30.1 Å². The van der Waals surface area contributed by atoms with E-state index in [1.54, 1.807) is 20.8 Å². The number of sulfonamides is 1. The Bertz CT molecular complexity index is 481. The third-order valence-electron chi connectivity index (χ3n) is 2.66. The number of nitrogens with one attached hydrogen (secondary N) is 1. The van der Waals surface area contributed by atoms with Gasteiger partial charge in [-0.05, 0) is 45.0 Å². The molecule has 1 aromatic carbocycles. The van der Waals surface area contributed by atoms with Gasteiger partial charge in [0, 0.05) is 11.6 Å². The highest BCUT2D eigenvalue weighted by Crippen LogP contribution is 2.15. The summed E-state index contributed by atoms with van der Waals surface area (Å²) in [5.41, 5.74) is 4.92. The molecule has 0 spiro atoms. The molecule has 4 nitrogen and oxygen atoms in total. The summed E-state index contributed by atoms with van der Waals surface area (Å²) in [6, 6.07) is 4.29.